The highest BCUT2D eigenvalue weighted by Gasteiger charge is 2.16. The van der Waals surface area contributed by atoms with Crippen molar-refractivity contribution in [2.45, 2.75) is 0 Å². The van der Waals surface area contributed by atoms with E-state index in [0.29, 0.717) is 0 Å². The Balaban J connectivity index is 1.14. The summed E-state index contributed by atoms with van der Waals surface area (Å²) in [6.07, 6.45) is 11.2. The molecule has 3 aromatic heterocycles. The third-order valence-electron chi connectivity index (χ3n) is 10.1. The lowest BCUT2D eigenvalue weighted by molar-refractivity contribution is 1.33. The van der Waals surface area contributed by atoms with Crippen LogP contribution in [0.4, 0.5) is 0 Å². The molecule has 0 aliphatic rings. The summed E-state index contributed by atoms with van der Waals surface area (Å²) < 4.78 is 0. The molecule has 0 atom stereocenters. The first-order valence-corrected chi connectivity index (χ1v) is 16.9. The van der Waals surface area contributed by atoms with E-state index < -0.39 is 0 Å². The molecule has 0 aliphatic carbocycles. The van der Waals surface area contributed by atoms with Crippen molar-refractivity contribution in [3.05, 3.63) is 177 Å². The van der Waals surface area contributed by atoms with Crippen LogP contribution in [0.25, 0.3) is 98.7 Å². The topological polar surface area (TPSA) is 38.7 Å². The summed E-state index contributed by atoms with van der Waals surface area (Å²) in [5.41, 5.74) is 11.9. The second-order valence-electron chi connectivity index (χ2n) is 12.9. The van der Waals surface area contributed by atoms with Gasteiger partial charge in [-0.3, -0.25) is 15.0 Å². The average Bonchev–Trinajstić information content (AvgIpc) is 3.20. The largest absolute Gasteiger partial charge is 0.265 e. The van der Waals surface area contributed by atoms with Crippen molar-refractivity contribution in [3.63, 3.8) is 0 Å². The summed E-state index contributed by atoms with van der Waals surface area (Å²) in [5.74, 6) is 0. The smallest absolute Gasteiger partial charge is 0.0346 e. The van der Waals surface area contributed by atoms with Gasteiger partial charge in [-0.15, -0.1) is 0 Å². The zero-order chi connectivity index (χ0) is 33.0. The van der Waals surface area contributed by atoms with Gasteiger partial charge in [0.2, 0.25) is 0 Å². The van der Waals surface area contributed by atoms with Crippen LogP contribution in [-0.2, 0) is 0 Å². The average molecular weight is 636 g/mol. The highest BCUT2D eigenvalue weighted by molar-refractivity contribution is 6.27. The van der Waals surface area contributed by atoms with E-state index >= 15 is 0 Å². The maximum atomic E-state index is 4.32. The van der Waals surface area contributed by atoms with Crippen LogP contribution in [0.1, 0.15) is 0 Å². The number of pyridine rings is 3. The summed E-state index contributed by atoms with van der Waals surface area (Å²) in [5, 5.41) is 10.0. The van der Waals surface area contributed by atoms with E-state index in [2.05, 4.69) is 154 Å². The Labute approximate surface area is 289 Å². The lowest BCUT2D eigenvalue weighted by Gasteiger charge is -2.18. The number of benzene rings is 7. The van der Waals surface area contributed by atoms with Crippen molar-refractivity contribution in [3.8, 4) is 55.6 Å². The Bertz CT molecular complexity index is 2780. The minimum absolute atomic E-state index is 1.14. The van der Waals surface area contributed by atoms with Crippen molar-refractivity contribution in [1.82, 2.24) is 15.0 Å². The summed E-state index contributed by atoms with van der Waals surface area (Å²) in [6, 6.07) is 51.0. The van der Waals surface area contributed by atoms with Crippen molar-refractivity contribution in [1.29, 1.82) is 0 Å². The lowest BCUT2D eigenvalue weighted by Crippen LogP contribution is -1.91. The fourth-order valence-corrected chi connectivity index (χ4v) is 7.71. The molecule has 0 saturated heterocycles. The molecule has 0 spiro atoms. The van der Waals surface area contributed by atoms with Gasteiger partial charge in [0.15, 0.2) is 0 Å². The SMILES string of the molecule is c1cc(-c2ccc(-c3ccc4ccc5c(-c6cc(-c7ccncc7)cc(-c7ccncc7)c6)ccc6ccc3c4c65)cc2)c2ccncc2c1. The summed E-state index contributed by atoms with van der Waals surface area (Å²) in [4.78, 5) is 12.9. The molecular formula is C47H29N3. The van der Waals surface area contributed by atoms with E-state index in [9.17, 15) is 0 Å². The van der Waals surface area contributed by atoms with Gasteiger partial charge in [-0.1, -0.05) is 91.0 Å². The van der Waals surface area contributed by atoms with Crippen LogP contribution in [0.3, 0.4) is 0 Å². The Morgan fingerprint density at radius 3 is 1.34 bits per heavy atom. The molecule has 10 aromatic rings. The van der Waals surface area contributed by atoms with Gasteiger partial charge in [-0.05, 0) is 142 Å². The molecule has 50 heavy (non-hydrogen) atoms. The molecule has 0 fully saturated rings. The van der Waals surface area contributed by atoms with Crippen molar-refractivity contribution in [2.24, 2.45) is 0 Å². The minimum atomic E-state index is 1.14. The summed E-state index contributed by atoms with van der Waals surface area (Å²) >= 11 is 0. The number of nitrogens with zero attached hydrogens (tertiary/aromatic N) is 3. The molecule has 0 unspecified atom stereocenters. The normalized spacial score (nSPS) is 11.6. The maximum absolute atomic E-state index is 4.32. The van der Waals surface area contributed by atoms with Crippen LogP contribution in [0.5, 0.6) is 0 Å². The number of hydrogen-bond acceptors (Lipinski definition) is 3. The third kappa shape index (κ3) is 4.63. The quantitative estimate of drug-likeness (QED) is 0.177. The van der Waals surface area contributed by atoms with Crippen LogP contribution < -0.4 is 0 Å². The molecule has 3 heteroatoms. The van der Waals surface area contributed by atoms with E-state index in [-0.39, 0.29) is 0 Å². The fraction of sp³-hybridized carbons (Fsp3) is 0. The Morgan fingerprint density at radius 2 is 0.760 bits per heavy atom. The van der Waals surface area contributed by atoms with Crippen LogP contribution in [0.2, 0.25) is 0 Å². The highest BCUT2D eigenvalue weighted by Crippen LogP contribution is 2.44. The van der Waals surface area contributed by atoms with Crippen LogP contribution in [0.15, 0.2) is 177 Å². The molecule has 0 bridgehead atoms. The minimum Gasteiger partial charge on any atom is -0.265 e. The molecule has 3 nitrogen and oxygen atoms in total. The third-order valence-corrected chi connectivity index (χ3v) is 10.1. The second-order valence-corrected chi connectivity index (χ2v) is 12.9. The zero-order valence-electron chi connectivity index (χ0n) is 27.1. The first kappa shape index (κ1) is 28.3. The second kappa shape index (κ2) is 11.5. The van der Waals surface area contributed by atoms with Gasteiger partial charge in [0, 0.05) is 42.6 Å². The monoisotopic (exact) mass is 635 g/mol. The maximum Gasteiger partial charge on any atom is 0.0346 e. The molecule has 3 heterocycles. The van der Waals surface area contributed by atoms with E-state index in [1.165, 1.54) is 71.1 Å². The standard InChI is InChI=1S/C47H29N3/c1-2-36-29-50-25-20-43(36)40(3-1)32-4-6-33(7-5-32)41-12-8-34-11-15-45-42(13-9-35-10-14-44(41)46(34)47(35)45)39-27-37(30-16-21-48-22-17-30)26-38(28-39)31-18-23-49-24-19-31/h1-29H. The van der Waals surface area contributed by atoms with Crippen LogP contribution >= 0.6 is 0 Å². The van der Waals surface area contributed by atoms with Gasteiger partial charge < -0.3 is 0 Å². The molecule has 10 rings (SSSR count). The predicted octanol–water partition coefficient (Wildman–Crippen LogP) is 12.3. The Kier molecular flexibility index (Phi) is 6.49. The number of hydrogen-bond donors (Lipinski definition) is 0. The molecule has 0 aliphatic heterocycles. The van der Waals surface area contributed by atoms with Gasteiger partial charge >= 0.3 is 0 Å². The first-order chi connectivity index (χ1) is 24.8. The predicted molar refractivity (Wildman–Crippen MR) is 208 cm³/mol. The zero-order valence-corrected chi connectivity index (χ0v) is 27.1. The van der Waals surface area contributed by atoms with Crippen LogP contribution in [0, 0.1) is 0 Å². The molecule has 0 saturated carbocycles. The number of aromatic nitrogens is 3. The summed E-state index contributed by atoms with van der Waals surface area (Å²) in [7, 11) is 0. The van der Waals surface area contributed by atoms with Crippen molar-refractivity contribution >= 4 is 43.1 Å². The fourth-order valence-electron chi connectivity index (χ4n) is 7.71. The van der Waals surface area contributed by atoms with Crippen LogP contribution in [-0.4, -0.2) is 15.0 Å². The molecule has 0 radical (unpaired) electrons. The molecular weight excluding hydrogens is 607 g/mol. The van der Waals surface area contributed by atoms with Gasteiger partial charge in [0.1, 0.15) is 0 Å². The summed E-state index contributed by atoms with van der Waals surface area (Å²) in [6.45, 7) is 0. The molecule has 0 N–H and O–H groups in total. The van der Waals surface area contributed by atoms with Crippen molar-refractivity contribution < 1.29 is 0 Å². The number of rotatable bonds is 5. The van der Waals surface area contributed by atoms with E-state index in [0.717, 1.165) is 27.6 Å². The Morgan fingerprint density at radius 1 is 0.280 bits per heavy atom. The lowest BCUT2D eigenvalue weighted by atomic mass is 9.86. The van der Waals surface area contributed by atoms with Gasteiger partial charge in [-0.25, -0.2) is 0 Å². The van der Waals surface area contributed by atoms with Crippen molar-refractivity contribution in [2.75, 3.05) is 0 Å². The molecule has 0 amide bonds. The highest BCUT2D eigenvalue weighted by atomic mass is 14.6. The van der Waals surface area contributed by atoms with E-state index in [4.69, 9.17) is 0 Å². The Hall–Kier alpha value is -6.71. The van der Waals surface area contributed by atoms with Gasteiger partial charge in [0.25, 0.3) is 0 Å². The molecule has 7 aromatic carbocycles. The van der Waals surface area contributed by atoms with E-state index in [1.807, 2.05) is 37.2 Å². The molecule has 232 valence electrons. The number of fused-ring (bicyclic) bond motifs is 1. The first-order valence-electron chi connectivity index (χ1n) is 16.9. The van der Waals surface area contributed by atoms with Gasteiger partial charge in [-0.2, -0.15) is 0 Å². The van der Waals surface area contributed by atoms with E-state index in [1.54, 1.807) is 0 Å². The van der Waals surface area contributed by atoms with Gasteiger partial charge in [0.05, 0.1) is 0 Å².